The maximum atomic E-state index is 12.2. The van der Waals surface area contributed by atoms with Gasteiger partial charge < -0.3 is 10.6 Å². The van der Waals surface area contributed by atoms with Gasteiger partial charge in [-0.05, 0) is 28.0 Å². The molecule has 3 rings (SSSR count). The first-order valence-corrected chi connectivity index (χ1v) is 8.75. The monoisotopic (exact) mass is 366 g/mol. The molecule has 4 nitrogen and oxygen atoms in total. The Balaban J connectivity index is 1.50. The average Bonchev–Trinajstić information content (AvgIpc) is 2.66. The van der Waals surface area contributed by atoms with E-state index in [1.165, 1.54) is 0 Å². The lowest BCUT2D eigenvalue weighted by molar-refractivity contribution is -0.125. The average molecular weight is 367 g/mol. The molecule has 0 aromatic heterocycles. The molecule has 0 fully saturated rings. The van der Waals surface area contributed by atoms with E-state index >= 15 is 0 Å². The number of rotatable bonds is 6. The Morgan fingerprint density at radius 1 is 0.769 bits per heavy atom. The first kappa shape index (κ1) is 18.0. The molecule has 0 bridgehead atoms. The molecule has 0 radical (unpaired) electrons. The molecule has 0 aliphatic heterocycles. The van der Waals surface area contributed by atoms with Gasteiger partial charge in [0, 0.05) is 11.6 Å². The van der Waals surface area contributed by atoms with Crippen molar-refractivity contribution >= 4 is 34.2 Å². The van der Waals surface area contributed by atoms with Gasteiger partial charge in [-0.25, -0.2) is 0 Å². The first-order chi connectivity index (χ1) is 12.6. The maximum absolute atomic E-state index is 12.2. The number of carbonyl (C=O) groups is 2. The van der Waals surface area contributed by atoms with Gasteiger partial charge in [-0.3, -0.25) is 9.59 Å². The minimum atomic E-state index is -0.254. The van der Waals surface area contributed by atoms with Gasteiger partial charge in [0.05, 0.1) is 13.0 Å². The molecule has 3 aromatic rings. The highest BCUT2D eigenvalue weighted by Crippen LogP contribution is 2.18. The van der Waals surface area contributed by atoms with Crippen LogP contribution in [0.15, 0.2) is 66.7 Å². The van der Waals surface area contributed by atoms with Gasteiger partial charge in [0.1, 0.15) is 0 Å². The lowest BCUT2D eigenvalue weighted by Crippen LogP contribution is -2.37. The number of fused-ring (bicyclic) bond motifs is 1. The van der Waals surface area contributed by atoms with Gasteiger partial charge in [0.25, 0.3) is 0 Å². The molecule has 26 heavy (non-hydrogen) atoms. The van der Waals surface area contributed by atoms with Crippen molar-refractivity contribution in [3.63, 3.8) is 0 Å². The number of amides is 2. The van der Waals surface area contributed by atoms with Crippen LogP contribution in [0, 0.1) is 0 Å². The predicted octanol–water partition coefficient (Wildman–Crippen LogP) is 3.47. The van der Waals surface area contributed by atoms with Crippen LogP contribution in [0.5, 0.6) is 0 Å². The van der Waals surface area contributed by atoms with Crippen LogP contribution >= 0.6 is 11.6 Å². The molecule has 2 amide bonds. The molecule has 0 atom stereocenters. The number of carbonyl (C=O) groups excluding carboxylic acids is 2. The molecular formula is C21H19ClN2O2. The minimum absolute atomic E-state index is 0.0615. The van der Waals surface area contributed by atoms with E-state index < -0.39 is 0 Å². The Kier molecular flexibility index (Phi) is 5.87. The summed E-state index contributed by atoms with van der Waals surface area (Å²) in [5, 5.41) is 8.16. The van der Waals surface area contributed by atoms with Crippen molar-refractivity contribution in [3.05, 3.63) is 82.9 Å². The molecular weight excluding hydrogens is 348 g/mol. The zero-order valence-electron chi connectivity index (χ0n) is 14.2. The van der Waals surface area contributed by atoms with Crippen molar-refractivity contribution in [3.8, 4) is 0 Å². The summed E-state index contributed by atoms with van der Waals surface area (Å²) in [6, 6.07) is 21.1. The standard InChI is InChI=1S/C21H19ClN2O2/c22-19-11-4-2-7-17(19)13-23-21(26)14-24-20(25)12-16-9-5-8-15-6-1-3-10-18(15)16/h1-11H,12-14H2,(H,23,26)(H,24,25). The van der Waals surface area contributed by atoms with Crippen molar-refractivity contribution in [2.45, 2.75) is 13.0 Å². The highest BCUT2D eigenvalue weighted by molar-refractivity contribution is 6.31. The highest BCUT2D eigenvalue weighted by atomic mass is 35.5. The zero-order valence-corrected chi connectivity index (χ0v) is 14.9. The van der Waals surface area contributed by atoms with Crippen molar-refractivity contribution < 1.29 is 9.59 Å². The van der Waals surface area contributed by atoms with Crippen molar-refractivity contribution in [1.82, 2.24) is 10.6 Å². The zero-order chi connectivity index (χ0) is 18.4. The lowest BCUT2D eigenvalue weighted by Gasteiger charge is -2.09. The summed E-state index contributed by atoms with van der Waals surface area (Å²) in [4.78, 5) is 24.1. The van der Waals surface area contributed by atoms with Gasteiger partial charge in [-0.1, -0.05) is 72.3 Å². The normalized spacial score (nSPS) is 10.5. The molecule has 0 unspecified atom stereocenters. The number of hydrogen-bond donors (Lipinski definition) is 2. The van der Waals surface area contributed by atoms with Gasteiger partial charge in [0.2, 0.25) is 11.8 Å². The third kappa shape index (κ3) is 4.61. The van der Waals surface area contributed by atoms with Crippen molar-refractivity contribution in [2.75, 3.05) is 6.54 Å². The summed E-state index contributed by atoms with van der Waals surface area (Å²) in [6.45, 7) is 0.270. The Morgan fingerprint density at radius 2 is 1.46 bits per heavy atom. The lowest BCUT2D eigenvalue weighted by atomic mass is 10.0. The second-order valence-electron chi connectivity index (χ2n) is 5.96. The van der Waals surface area contributed by atoms with Gasteiger partial charge in [0.15, 0.2) is 0 Å². The SMILES string of the molecule is O=C(CNC(=O)Cc1cccc2ccccc12)NCc1ccccc1Cl. The molecule has 0 heterocycles. The summed E-state index contributed by atoms with van der Waals surface area (Å²) >= 11 is 6.05. The Labute approximate surface area is 157 Å². The molecule has 0 saturated heterocycles. The van der Waals surface area contributed by atoms with E-state index in [0.717, 1.165) is 21.9 Å². The van der Waals surface area contributed by atoms with Crippen LogP contribution in [0.3, 0.4) is 0 Å². The van der Waals surface area contributed by atoms with Crippen LogP contribution in [0.1, 0.15) is 11.1 Å². The van der Waals surface area contributed by atoms with Crippen LogP contribution in [0.2, 0.25) is 5.02 Å². The van der Waals surface area contributed by atoms with Crippen LogP contribution in [0.4, 0.5) is 0 Å². The van der Waals surface area contributed by atoms with Crippen LogP contribution < -0.4 is 10.6 Å². The van der Waals surface area contributed by atoms with Crippen LogP contribution in [0.25, 0.3) is 10.8 Å². The molecule has 3 aromatic carbocycles. The topological polar surface area (TPSA) is 58.2 Å². The second kappa shape index (κ2) is 8.50. The Bertz CT molecular complexity index is 935. The third-order valence-corrected chi connectivity index (χ3v) is 4.48. The van der Waals surface area contributed by atoms with Crippen molar-refractivity contribution in [1.29, 1.82) is 0 Å². The quantitative estimate of drug-likeness (QED) is 0.701. The molecule has 0 spiro atoms. The van der Waals surface area contributed by atoms with E-state index in [1.807, 2.05) is 60.7 Å². The Morgan fingerprint density at radius 3 is 2.31 bits per heavy atom. The number of benzene rings is 3. The summed E-state index contributed by atoms with van der Waals surface area (Å²) < 4.78 is 0. The molecule has 0 saturated carbocycles. The largest absolute Gasteiger partial charge is 0.350 e. The molecule has 0 aliphatic rings. The fourth-order valence-electron chi connectivity index (χ4n) is 2.76. The van der Waals surface area contributed by atoms with Crippen LogP contribution in [-0.2, 0) is 22.6 Å². The summed E-state index contributed by atoms with van der Waals surface area (Å²) in [7, 11) is 0. The molecule has 2 N–H and O–H groups in total. The molecule has 0 aliphatic carbocycles. The fourth-order valence-corrected chi connectivity index (χ4v) is 2.96. The minimum Gasteiger partial charge on any atom is -0.350 e. The number of nitrogens with one attached hydrogen (secondary N) is 2. The van der Waals surface area contributed by atoms with Gasteiger partial charge in [-0.2, -0.15) is 0 Å². The van der Waals surface area contributed by atoms with Gasteiger partial charge >= 0.3 is 0 Å². The summed E-state index contributed by atoms with van der Waals surface area (Å²) in [5.41, 5.74) is 1.78. The first-order valence-electron chi connectivity index (χ1n) is 8.37. The molecule has 5 heteroatoms. The maximum Gasteiger partial charge on any atom is 0.239 e. The predicted molar refractivity (Wildman–Crippen MR) is 104 cm³/mol. The van der Waals surface area contributed by atoms with E-state index in [2.05, 4.69) is 10.6 Å². The van der Waals surface area contributed by atoms with E-state index in [-0.39, 0.29) is 24.8 Å². The Hall–Kier alpha value is -2.85. The fraction of sp³-hybridized carbons (Fsp3) is 0.143. The summed E-state index contributed by atoms with van der Waals surface area (Å²) in [5.74, 6) is -0.439. The van der Waals surface area contributed by atoms with Crippen LogP contribution in [-0.4, -0.2) is 18.4 Å². The molecule has 132 valence electrons. The van der Waals surface area contributed by atoms with E-state index in [0.29, 0.717) is 11.6 Å². The van der Waals surface area contributed by atoms with E-state index in [4.69, 9.17) is 11.6 Å². The van der Waals surface area contributed by atoms with E-state index in [1.54, 1.807) is 6.07 Å². The van der Waals surface area contributed by atoms with Gasteiger partial charge in [-0.15, -0.1) is 0 Å². The second-order valence-corrected chi connectivity index (χ2v) is 6.37. The van der Waals surface area contributed by atoms with E-state index in [9.17, 15) is 9.59 Å². The third-order valence-electron chi connectivity index (χ3n) is 4.11. The number of hydrogen-bond acceptors (Lipinski definition) is 2. The smallest absolute Gasteiger partial charge is 0.239 e. The van der Waals surface area contributed by atoms with Crippen molar-refractivity contribution in [2.24, 2.45) is 0 Å². The number of halogens is 1. The highest BCUT2D eigenvalue weighted by Gasteiger charge is 2.09. The summed E-state index contributed by atoms with van der Waals surface area (Å²) in [6.07, 6.45) is 0.235.